The van der Waals surface area contributed by atoms with Crippen molar-refractivity contribution in [2.75, 3.05) is 36.0 Å². The first-order valence-corrected chi connectivity index (χ1v) is 17.4. The molecule has 0 bridgehead atoms. The van der Waals surface area contributed by atoms with Gasteiger partial charge in [-0.2, -0.15) is 0 Å². The Bertz CT molecular complexity index is 2120. The zero-order valence-corrected chi connectivity index (χ0v) is 28.8. The van der Waals surface area contributed by atoms with Gasteiger partial charge in [-0.25, -0.2) is 14.5 Å². The van der Waals surface area contributed by atoms with Crippen LogP contribution in [0, 0.1) is 0 Å². The van der Waals surface area contributed by atoms with Crippen LogP contribution >= 0.6 is 0 Å². The highest BCUT2D eigenvalue weighted by Gasteiger charge is 2.59. The summed E-state index contributed by atoms with van der Waals surface area (Å²) in [6.07, 6.45) is -1.55. The lowest BCUT2D eigenvalue weighted by molar-refractivity contribution is 0.0267. The number of amides is 2. The highest BCUT2D eigenvalue weighted by atomic mass is 16.6. The first-order valence-electron chi connectivity index (χ1n) is 17.4. The van der Waals surface area contributed by atoms with Crippen molar-refractivity contribution in [3.8, 4) is 5.75 Å². The molecule has 2 unspecified atom stereocenters. The van der Waals surface area contributed by atoms with Gasteiger partial charge in [-0.1, -0.05) is 54.6 Å². The molecule has 0 radical (unpaired) electrons. The van der Waals surface area contributed by atoms with Gasteiger partial charge in [-0.05, 0) is 69.2 Å². The fourth-order valence-corrected chi connectivity index (χ4v) is 7.54. The molecule has 9 heteroatoms. The average molecular weight is 672 g/mol. The van der Waals surface area contributed by atoms with Crippen molar-refractivity contribution in [3.05, 3.63) is 135 Å². The molecule has 0 aliphatic carbocycles. The summed E-state index contributed by atoms with van der Waals surface area (Å²) in [6, 6.07) is 30.1. The van der Waals surface area contributed by atoms with Crippen molar-refractivity contribution >= 4 is 34.3 Å². The molecule has 2 aliphatic heterocycles. The lowest BCUT2D eigenvalue weighted by Crippen LogP contribution is -2.51. The third kappa shape index (κ3) is 5.47. The minimum atomic E-state index is -1.32. The van der Waals surface area contributed by atoms with Crippen LogP contribution < -0.4 is 20.2 Å². The maximum absolute atomic E-state index is 14.3. The second-order valence-corrected chi connectivity index (χ2v) is 12.6. The molecule has 50 heavy (non-hydrogen) atoms. The van der Waals surface area contributed by atoms with E-state index in [2.05, 4.69) is 37.5 Å². The Morgan fingerprint density at radius 1 is 0.800 bits per heavy atom. The van der Waals surface area contributed by atoms with Crippen molar-refractivity contribution in [2.24, 2.45) is 0 Å². The lowest BCUT2D eigenvalue weighted by Gasteiger charge is -2.44. The van der Waals surface area contributed by atoms with Gasteiger partial charge in [0, 0.05) is 72.6 Å². The van der Waals surface area contributed by atoms with Gasteiger partial charge in [-0.3, -0.25) is 4.79 Å². The predicted octanol–water partition coefficient (Wildman–Crippen LogP) is 8.05. The van der Waals surface area contributed by atoms with E-state index in [-0.39, 0.29) is 13.0 Å². The van der Waals surface area contributed by atoms with Crippen LogP contribution in [-0.2, 0) is 16.9 Å². The molecule has 2 aliphatic rings. The topological polar surface area (TPSA) is 92.5 Å². The van der Waals surface area contributed by atoms with E-state index in [9.17, 15) is 14.4 Å². The number of benzene rings is 4. The molecular weight excluding hydrogens is 630 g/mol. The molecule has 9 nitrogen and oxygen atoms in total. The van der Waals surface area contributed by atoms with Crippen molar-refractivity contribution in [1.29, 1.82) is 0 Å². The fourth-order valence-electron chi connectivity index (χ4n) is 7.54. The normalized spacial score (nSPS) is 17.7. The van der Waals surface area contributed by atoms with E-state index in [4.69, 9.17) is 13.9 Å². The highest BCUT2D eigenvalue weighted by molar-refractivity contribution is 6.09. The molecule has 0 saturated heterocycles. The van der Waals surface area contributed by atoms with Crippen molar-refractivity contribution in [3.63, 3.8) is 0 Å². The van der Waals surface area contributed by atoms with E-state index in [1.165, 1.54) is 4.90 Å². The summed E-state index contributed by atoms with van der Waals surface area (Å²) in [5, 5.41) is 0.748. The zero-order valence-electron chi connectivity index (χ0n) is 28.8. The van der Waals surface area contributed by atoms with Crippen LogP contribution in [0.5, 0.6) is 5.75 Å². The monoisotopic (exact) mass is 671 g/mol. The molecule has 256 valence electrons. The highest BCUT2D eigenvalue weighted by Crippen LogP contribution is 2.56. The molecule has 7 rings (SSSR count). The first kappa shape index (κ1) is 33.0. The van der Waals surface area contributed by atoms with E-state index in [0.29, 0.717) is 33.6 Å². The summed E-state index contributed by atoms with van der Waals surface area (Å²) in [4.78, 5) is 48.0. The summed E-state index contributed by atoms with van der Waals surface area (Å²) in [7, 11) is 0. The van der Waals surface area contributed by atoms with Crippen LogP contribution in [0.3, 0.4) is 0 Å². The van der Waals surface area contributed by atoms with Crippen LogP contribution in [0.2, 0.25) is 0 Å². The van der Waals surface area contributed by atoms with Crippen LogP contribution in [0.15, 0.2) is 106 Å². The van der Waals surface area contributed by atoms with Gasteiger partial charge >= 0.3 is 11.7 Å². The minimum Gasteiger partial charge on any atom is -0.485 e. The first-order chi connectivity index (χ1) is 24.3. The Balaban J connectivity index is 1.39. The van der Waals surface area contributed by atoms with Gasteiger partial charge in [0.05, 0.1) is 5.56 Å². The van der Waals surface area contributed by atoms with Crippen LogP contribution in [0.4, 0.5) is 16.2 Å². The molecule has 0 fully saturated rings. The Kier molecular flexibility index (Phi) is 8.82. The summed E-state index contributed by atoms with van der Waals surface area (Å²) in [5.74, 6) is 0.0138. The summed E-state index contributed by atoms with van der Waals surface area (Å²) < 4.78 is 18.6. The molecule has 3 heterocycles. The SMILES string of the molecule is CCN(CC)c1ccc2c(c1)OC(c1cc3ccc(N(CC)CC)cc3oc1=O)CC21c2ccccc2C(=O)N1C(=O)OCc1ccccc1. The van der Waals surface area contributed by atoms with E-state index in [1.807, 2.05) is 84.9 Å². The maximum Gasteiger partial charge on any atom is 0.418 e. The average Bonchev–Trinajstić information content (AvgIpc) is 3.38. The van der Waals surface area contributed by atoms with Crippen molar-refractivity contribution < 1.29 is 23.5 Å². The largest absolute Gasteiger partial charge is 0.485 e. The fraction of sp³-hybridized carbons (Fsp3) is 0.293. The molecule has 4 aromatic carbocycles. The van der Waals surface area contributed by atoms with E-state index < -0.39 is 29.3 Å². The quantitative estimate of drug-likeness (QED) is 0.145. The Labute approximate surface area is 291 Å². The number of carbonyl (C=O) groups excluding carboxylic acids is 2. The van der Waals surface area contributed by atoms with Gasteiger partial charge < -0.3 is 23.7 Å². The number of nitrogens with zero attached hydrogens (tertiary/aromatic N) is 3. The van der Waals surface area contributed by atoms with Gasteiger partial charge in [0.1, 0.15) is 29.6 Å². The van der Waals surface area contributed by atoms with E-state index in [0.717, 1.165) is 48.5 Å². The van der Waals surface area contributed by atoms with Crippen LogP contribution in [0.25, 0.3) is 11.0 Å². The molecule has 0 N–H and O–H groups in total. The van der Waals surface area contributed by atoms with E-state index in [1.54, 1.807) is 12.1 Å². The lowest BCUT2D eigenvalue weighted by atomic mass is 9.75. The van der Waals surface area contributed by atoms with Crippen molar-refractivity contribution in [1.82, 2.24) is 4.90 Å². The molecule has 0 saturated carbocycles. The predicted molar refractivity (Wildman–Crippen MR) is 194 cm³/mol. The molecule has 5 aromatic rings. The maximum atomic E-state index is 14.3. The number of carbonyl (C=O) groups is 2. The van der Waals surface area contributed by atoms with Gasteiger partial charge in [0.25, 0.3) is 5.91 Å². The zero-order chi connectivity index (χ0) is 35.0. The Hall–Kier alpha value is -5.57. The summed E-state index contributed by atoms with van der Waals surface area (Å²) in [5.41, 5.74) is 3.32. The molecule has 2 amide bonds. The number of fused-ring (bicyclic) bond motifs is 5. The third-order valence-corrected chi connectivity index (χ3v) is 10.1. The number of imide groups is 1. The molecule has 1 aromatic heterocycles. The standard InChI is InChI=1S/C41H41N3O6/c1-5-42(6-2)29-19-18-28-22-32(39(46)50-35(28)23-29)37-25-41(34-21-20-30(24-36(34)49-37)43(7-3)8-4)33-17-13-12-16-31(33)38(45)44(41)40(47)48-26-27-14-10-9-11-15-27/h9-24,37H,5-8,25-26H2,1-4H3. The van der Waals surface area contributed by atoms with Crippen LogP contribution in [0.1, 0.15) is 72.8 Å². The smallest absolute Gasteiger partial charge is 0.418 e. The minimum absolute atomic E-state index is 0.00664. The summed E-state index contributed by atoms with van der Waals surface area (Å²) >= 11 is 0. The number of hydrogen-bond acceptors (Lipinski definition) is 8. The second-order valence-electron chi connectivity index (χ2n) is 12.6. The van der Waals surface area contributed by atoms with Gasteiger partial charge in [-0.15, -0.1) is 0 Å². The summed E-state index contributed by atoms with van der Waals surface area (Å²) in [6.45, 7) is 11.5. The third-order valence-electron chi connectivity index (χ3n) is 10.1. The van der Waals surface area contributed by atoms with Gasteiger partial charge in [0.15, 0.2) is 0 Å². The second kappa shape index (κ2) is 13.4. The number of rotatable bonds is 9. The molecular formula is C41H41N3O6. The Morgan fingerprint density at radius 2 is 1.46 bits per heavy atom. The number of anilines is 2. The van der Waals surface area contributed by atoms with Gasteiger partial charge in [0.2, 0.25) is 0 Å². The van der Waals surface area contributed by atoms with Crippen molar-refractivity contribution in [2.45, 2.75) is 52.4 Å². The Morgan fingerprint density at radius 3 is 2.18 bits per heavy atom. The molecule has 1 spiro atoms. The molecule has 2 atom stereocenters. The van der Waals surface area contributed by atoms with Crippen LogP contribution in [-0.4, -0.2) is 43.1 Å². The number of ether oxygens (including phenoxy) is 2. The number of hydrogen-bond donors (Lipinski definition) is 0. The van der Waals surface area contributed by atoms with E-state index >= 15 is 0 Å².